The molecule has 2 nitrogen and oxygen atoms in total. The average molecular weight is 286 g/mol. The second kappa shape index (κ2) is 4.94. The van der Waals surface area contributed by atoms with Crippen LogP contribution in [0.4, 0.5) is 0 Å². The summed E-state index contributed by atoms with van der Waals surface area (Å²) in [6.07, 6.45) is 3.48. The normalized spacial score (nSPS) is 11.0. The van der Waals surface area contributed by atoms with Gasteiger partial charge in [-0.05, 0) is 37.0 Å². The Hall–Kier alpha value is -0.610. The summed E-state index contributed by atoms with van der Waals surface area (Å²) in [5.74, 6) is 0. The van der Waals surface area contributed by atoms with Crippen molar-refractivity contribution in [1.82, 2.24) is 4.98 Å². The van der Waals surface area contributed by atoms with Crippen molar-refractivity contribution in [3.05, 3.63) is 33.4 Å². The number of aromatic amines is 1. The van der Waals surface area contributed by atoms with Crippen molar-refractivity contribution >= 4 is 37.5 Å². The van der Waals surface area contributed by atoms with Gasteiger partial charge in [-0.2, -0.15) is 0 Å². The van der Waals surface area contributed by atoms with E-state index in [1.54, 1.807) is 0 Å². The van der Waals surface area contributed by atoms with Crippen LogP contribution in [-0.2, 0) is 6.42 Å². The number of aryl methyl sites for hydroxylation is 1. The number of H-pyrrole nitrogens is 1. The topological polar surface area (TPSA) is 32.9 Å². The molecule has 1 N–H and O–H groups in total. The Morgan fingerprint density at radius 3 is 3.00 bits per heavy atom. The molecule has 0 radical (unpaired) electrons. The van der Waals surface area contributed by atoms with E-state index in [0.29, 0.717) is 0 Å². The first-order chi connectivity index (χ1) is 7.29. The third-order valence-corrected chi connectivity index (χ3v) is 3.74. The molecule has 0 unspecified atom stereocenters. The molecule has 0 aliphatic heterocycles. The molecule has 0 spiro atoms. The van der Waals surface area contributed by atoms with Crippen molar-refractivity contribution in [2.45, 2.75) is 19.3 Å². The van der Waals surface area contributed by atoms with Gasteiger partial charge in [0.05, 0.1) is 10.2 Å². The van der Waals surface area contributed by atoms with Gasteiger partial charge in [0.2, 0.25) is 0 Å². The molecule has 0 aliphatic rings. The molecule has 1 aromatic heterocycles. The minimum absolute atomic E-state index is 0.0302. The first-order valence-electron chi connectivity index (χ1n) is 4.97. The van der Waals surface area contributed by atoms with Crippen LogP contribution in [0.3, 0.4) is 0 Å². The number of hydrogen-bond donors (Lipinski definition) is 1. The minimum atomic E-state index is 0.0302. The molecular formula is C11H12BrNOS. The zero-order chi connectivity index (χ0) is 10.7. The zero-order valence-electron chi connectivity index (χ0n) is 8.25. The molecule has 2 aromatic rings. The molecule has 80 valence electrons. The van der Waals surface area contributed by atoms with Crippen LogP contribution in [0.1, 0.15) is 18.4 Å². The fourth-order valence-electron chi connectivity index (χ4n) is 1.57. The van der Waals surface area contributed by atoms with Gasteiger partial charge in [0, 0.05) is 5.33 Å². The molecule has 1 aromatic carbocycles. The molecule has 0 bridgehead atoms. The highest BCUT2D eigenvalue weighted by molar-refractivity contribution is 9.09. The van der Waals surface area contributed by atoms with Crippen molar-refractivity contribution in [3.8, 4) is 0 Å². The van der Waals surface area contributed by atoms with Gasteiger partial charge in [-0.1, -0.05) is 33.3 Å². The molecule has 0 amide bonds. The van der Waals surface area contributed by atoms with E-state index < -0.39 is 0 Å². The van der Waals surface area contributed by atoms with Gasteiger partial charge < -0.3 is 4.98 Å². The van der Waals surface area contributed by atoms with Crippen molar-refractivity contribution in [1.29, 1.82) is 0 Å². The van der Waals surface area contributed by atoms with Crippen LogP contribution in [0.5, 0.6) is 0 Å². The molecule has 4 heteroatoms. The largest absolute Gasteiger partial charge is 0.312 e. The van der Waals surface area contributed by atoms with Gasteiger partial charge >= 0.3 is 4.87 Å². The summed E-state index contributed by atoms with van der Waals surface area (Å²) in [4.78, 5) is 14.0. The first kappa shape index (κ1) is 10.9. The lowest BCUT2D eigenvalue weighted by Crippen LogP contribution is -1.89. The highest BCUT2D eigenvalue weighted by atomic mass is 79.9. The molecule has 0 aliphatic carbocycles. The van der Waals surface area contributed by atoms with E-state index in [-0.39, 0.29) is 4.87 Å². The summed E-state index contributed by atoms with van der Waals surface area (Å²) in [7, 11) is 0. The van der Waals surface area contributed by atoms with Gasteiger partial charge in [0.1, 0.15) is 0 Å². The first-order valence-corrected chi connectivity index (χ1v) is 6.91. The summed E-state index contributed by atoms with van der Waals surface area (Å²) in [5, 5.41) is 1.06. The Labute approximate surface area is 100 Å². The van der Waals surface area contributed by atoms with E-state index >= 15 is 0 Å². The average Bonchev–Trinajstić information content (AvgIpc) is 2.57. The quantitative estimate of drug-likeness (QED) is 0.679. The summed E-state index contributed by atoms with van der Waals surface area (Å²) >= 11 is 4.71. The number of nitrogens with one attached hydrogen (secondary N) is 1. The van der Waals surface area contributed by atoms with Crippen LogP contribution in [0.15, 0.2) is 23.0 Å². The predicted molar refractivity (Wildman–Crippen MR) is 69.2 cm³/mol. The molecule has 1 heterocycles. The summed E-state index contributed by atoms with van der Waals surface area (Å²) < 4.78 is 1.07. The lowest BCUT2D eigenvalue weighted by molar-refractivity contribution is 0.807. The standard InChI is InChI=1S/C11H12BrNOS/c12-6-2-1-3-8-4-5-9-10(7-8)15-11(14)13-9/h4-5,7H,1-3,6H2,(H,13,14). The minimum Gasteiger partial charge on any atom is -0.312 e. The second-order valence-corrected chi connectivity index (χ2v) is 5.30. The lowest BCUT2D eigenvalue weighted by Gasteiger charge is -1.99. The molecule has 2 rings (SSSR count). The summed E-state index contributed by atoms with van der Waals surface area (Å²) in [5.41, 5.74) is 2.27. The number of rotatable bonds is 4. The number of alkyl halides is 1. The number of aromatic nitrogens is 1. The SMILES string of the molecule is O=c1[nH]c2ccc(CCCCBr)cc2s1. The van der Waals surface area contributed by atoms with Crippen LogP contribution >= 0.6 is 27.3 Å². The van der Waals surface area contributed by atoms with Crippen LogP contribution in [0.2, 0.25) is 0 Å². The number of halogens is 1. The highest BCUT2D eigenvalue weighted by Gasteiger charge is 2.00. The Morgan fingerprint density at radius 1 is 1.33 bits per heavy atom. The van der Waals surface area contributed by atoms with E-state index in [2.05, 4.69) is 33.0 Å². The van der Waals surface area contributed by atoms with Crippen molar-refractivity contribution < 1.29 is 0 Å². The van der Waals surface area contributed by atoms with Crippen LogP contribution in [0, 0.1) is 0 Å². The van der Waals surface area contributed by atoms with Gasteiger partial charge in [-0.25, -0.2) is 0 Å². The predicted octanol–water partition coefficient (Wildman–Crippen LogP) is 3.31. The fourth-order valence-corrected chi connectivity index (χ4v) is 2.77. The maximum absolute atomic E-state index is 11.1. The molecular weight excluding hydrogens is 274 g/mol. The van der Waals surface area contributed by atoms with Crippen LogP contribution < -0.4 is 4.87 Å². The Morgan fingerprint density at radius 2 is 2.20 bits per heavy atom. The number of unbranched alkanes of at least 4 members (excludes halogenated alkanes) is 1. The van der Waals surface area contributed by atoms with Crippen LogP contribution in [0.25, 0.3) is 10.2 Å². The van der Waals surface area contributed by atoms with Gasteiger partial charge in [-0.15, -0.1) is 0 Å². The summed E-state index contributed by atoms with van der Waals surface area (Å²) in [6, 6.07) is 6.21. The van der Waals surface area contributed by atoms with Crippen molar-refractivity contribution in [3.63, 3.8) is 0 Å². The molecule has 0 fully saturated rings. The Kier molecular flexibility index (Phi) is 3.59. The van der Waals surface area contributed by atoms with Gasteiger partial charge in [0.25, 0.3) is 0 Å². The maximum atomic E-state index is 11.1. The molecule has 0 saturated heterocycles. The number of thiazole rings is 1. The van der Waals surface area contributed by atoms with E-state index in [0.717, 1.165) is 22.0 Å². The van der Waals surface area contributed by atoms with Crippen molar-refractivity contribution in [2.24, 2.45) is 0 Å². The Balaban J connectivity index is 2.19. The van der Waals surface area contributed by atoms with E-state index in [1.165, 1.54) is 29.7 Å². The third-order valence-electron chi connectivity index (χ3n) is 2.33. The lowest BCUT2D eigenvalue weighted by atomic mass is 10.1. The fraction of sp³-hybridized carbons (Fsp3) is 0.364. The monoisotopic (exact) mass is 285 g/mol. The number of hydrogen-bond acceptors (Lipinski definition) is 2. The summed E-state index contributed by atoms with van der Waals surface area (Å²) in [6.45, 7) is 0. The van der Waals surface area contributed by atoms with E-state index in [4.69, 9.17) is 0 Å². The van der Waals surface area contributed by atoms with Crippen molar-refractivity contribution in [2.75, 3.05) is 5.33 Å². The van der Waals surface area contributed by atoms with E-state index in [1.807, 2.05) is 6.07 Å². The van der Waals surface area contributed by atoms with Gasteiger partial charge in [-0.3, -0.25) is 4.79 Å². The smallest absolute Gasteiger partial charge is 0.305 e. The Bertz CT molecular complexity index is 503. The van der Waals surface area contributed by atoms with Gasteiger partial charge in [0.15, 0.2) is 0 Å². The van der Waals surface area contributed by atoms with E-state index in [9.17, 15) is 4.79 Å². The highest BCUT2D eigenvalue weighted by Crippen LogP contribution is 2.17. The second-order valence-electron chi connectivity index (χ2n) is 3.49. The zero-order valence-corrected chi connectivity index (χ0v) is 10.7. The number of benzene rings is 1. The maximum Gasteiger partial charge on any atom is 0.305 e. The van der Waals surface area contributed by atoms with Crippen LogP contribution in [-0.4, -0.2) is 10.3 Å². The third kappa shape index (κ3) is 2.69. The molecule has 15 heavy (non-hydrogen) atoms. The number of fused-ring (bicyclic) bond motifs is 1. The molecule has 0 atom stereocenters. The molecule has 0 saturated carbocycles.